The van der Waals surface area contributed by atoms with E-state index < -0.39 is 51.1 Å². The summed E-state index contributed by atoms with van der Waals surface area (Å²) < 4.78 is 49.7. The smallest absolute Gasteiger partial charge is 0.410 e. The normalized spacial score (nSPS) is 18.7. The highest BCUT2D eigenvalue weighted by atomic mass is 32.2. The lowest BCUT2D eigenvalue weighted by atomic mass is 10.0. The first-order valence-corrected chi connectivity index (χ1v) is 12.7. The molecular formula is C23H26FN5O6S. The van der Waals surface area contributed by atoms with Gasteiger partial charge in [-0.05, 0) is 45.4 Å². The number of nitro groups is 1. The van der Waals surface area contributed by atoms with E-state index in [4.69, 9.17) is 4.74 Å². The minimum Gasteiger partial charge on any atom is -0.444 e. The Hall–Kier alpha value is -3.74. The lowest BCUT2D eigenvalue weighted by Crippen LogP contribution is -2.56. The Morgan fingerprint density at radius 3 is 2.58 bits per heavy atom. The SMILES string of the molecule is CC(C)(C)OC(=O)N1CC[C@H](N(c2c([N+](=O)[O-])cnc3[nH]ccc23)S(=O)(=O)c2ccccc2)[C@@H](F)C1. The van der Waals surface area contributed by atoms with Crippen LogP contribution in [0.15, 0.2) is 53.7 Å². The Morgan fingerprint density at radius 1 is 1.28 bits per heavy atom. The van der Waals surface area contributed by atoms with Crippen LogP contribution in [0.25, 0.3) is 11.0 Å². The summed E-state index contributed by atoms with van der Waals surface area (Å²) in [6, 6.07) is 7.46. The molecule has 0 aliphatic carbocycles. The molecule has 13 heteroatoms. The number of ether oxygens (including phenoxy) is 1. The van der Waals surface area contributed by atoms with E-state index in [2.05, 4.69) is 9.97 Å². The van der Waals surface area contributed by atoms with E-state index in [0.717, 1.165) is 10.5 Å². The number of halogens is 1. The lowest BCUT2D eigenvalue weighted by molar-refractivity contribution is -0.384. The van der Waals surface area contributed by atoms with E-state index in [1.165, 1.54) is 41.4 Å². The number of nitrogens with one attached hydrogen (secondary N) is 1. The quantitative estimate of drug-likeness (QED) is 0.397. The molecule has 3 heterocycles. The molecule has 0 spiro atoms. The number of likely N-dealkylation sites (tertiary alicyclic amines) is 1. The highest BCUT2D eigenvalue weighted by Crippen LogP contribution is 2.41. The van der Waals surface area contributed by atoms with Crippen LogP contribution in [-0.4, -0.2) is 65.2 Å². The van der Waals surface area contributed by atoms with Crippen LogP contribution < -0.4 is 4.31 Å². The van der Waals surface area contributed by atoms with Gasteiger partial charge in [-0.15, -0.1) is 0 Å². The summed E-state index contributed by atoms with van der Waals surface area (Å²) in [6.45, 7) is 4.61. The minimum absolute atomic E-state index is 0.00400. The van der Waals surface area contributed by atoms with E-state index in [1.54, 1.807) is 26.8 Å². The number of amides is 1. The number of hydrogen-bond donors (Lipinski definition) is 1. The average molecular weight is 520 g/mol. The van der Waals surface area contributed by atoms with Gasteiger partial charge in [0.1, 0.15) is 29.3 Å². The number of rotatable bonds is 5. The van der Waals surface area contributed by atoms with Gasteiger partial charge in [-0.2, -0.15) is 0 Å². The topological polar surface area (TPSA) is 139 Å². The van der Waals surface area contributed by atoms with Crippen LogP contribution in [-0.2, 0) is 14.8 Å². The molecule has 3 aromatic rings. The molecule has 1 amide bonds. The zero-order chi connectivity index (χ0) is 26.3. The number of alkyl halides is 1. The van der Waals surface area contributed by atoms with Crippen LogP contribution in [0.1, 0.15) is 27.2 Å². The second kappa shape index (κ2) is 9.37. The summed E-state index contributed by atoms with van der Waals surface area (Å²) in [5.74, 6) is 0. The monoisotopic (exact) mass is 519 g/mol. The van der Waals surface area contributed by atoms with Crippen LogP contribution in [0.2, 0.25) is 0 Å². The number of nitrogens with zero attached hydrogens (tertiary/aromatic N) is 4. The predicted octanol–water partition coefficient (Wildman–Crippen LogP) is 4.01. The molecule has 2 aromatic heterocycles. The largest absolute Gasteiger partial charge is 0.444 e. The van der Waals surface area contributed by atoms with Gasteiger partial charge in [-0.3, -0.25) is 14.4 Å². The summed E-state index contributed by atoms with van der Waals surface area (Å²) in [7, 11) is -4.47. The number of anilines is 1. The molecule has 0 saturated carbocycles. The van der Waals surface area contributed by atoms with E-state index in [-0.39, 0.29) is 34.6 Å². The number of carbonyl (C=O) groups excluding carboxylic acids is 1. The van der Waals surface area contributed by atoms with Gasteiger partial charge in [0.2, 0.25) is 0 Å². The second-order valence-corrected chi connectivity index (χ2v) is 11.2. The van der Waals surface area contributed by atoms with Crippen molar-refractivity contribution < 1.29 is 27.3 Å². The number of aromatic amines is 1. The van der Waals surface area contributed by atoms with Crippen molar-refractivity contribution in [3.63, 3.8) is 0 Å². The number of hydrogen-bond acceptors (Lipinski definition) is 7. The van der Waals surface area contributed by atoms with Crippen molar-refractivity contribution in [2.24, 2.45) is 0 Å². The van der Waals surface area contributed by atoms with Gasteiger partial charge in [0.25, 0.3) is 10.0 Å². The number of aromatic nitrogens is 2. The maximum absolute atomic E-state index is 15.8. The Bertz CT molecular complexity index is 1390. The fourth-order valence-corrected chi connectivity index (χ4v) is 5.92. The van der Waals surface area contributed by atoms with Crippen LogP contribution in [0.4, 0.5) is 20.6 Å². The third-order valence-corrected chi connectivity index (χ3v) is 7.56. The van der Waals surface area contributed by atoms with Crippen molar-refractivity contribution in [3.8, 4) is 0 Å². The van der Waals surface area contributed by atoms with Crippen LogP contribution in [0.3, 0.4) is 0 Å². The second-order valence-electron chi connectivity index (χ2n) is 9.40. The Morgan fingerprint density at radius 2 is 1.97 bits per heavy atom. The highest BCUT2D eigenvalue weighted by molar-refractivity contribution is 7.93. The molecule has 1 aliphatic rings. The maximum atomic E-state index is 15.8. The van der Waals surface area contributed by atoms with Crippen LogP contribution >= 0.6 is 0 Å². The third-order valence-electron chi connectivity index (χ3n) is 5.72. The Labute approximate surface area is 207 Å². The highest BCUT2D eigenvalue weighted by Gasteiger charge is 2.45. The molecule has 1 N–H and O–H groups in total. The molecule has 1 fully saturated rings. The summed E-state index contributed by atoms with van der Waals surface area (Å²) in [5, 5.41) is 12.1. The number of pyridine rings is 1. The zero-order valence-corrected chi connectivity index (χ0v) is 20.7. The van der Waals surface area contributed by atoms with Gasteiger partial charge in [0.15, 0.2) is 0 Å². The van der Waals surface area contributed by atoms with Crippen LogP contribution in [0.5, 0.6) is 0 Å². The fraction of sp³-hybridized carbons (Fsp3) is 0.391. The molecule has 192 valence electrons. The van der Waals surface area contributed by atoms with Crippen molar-refractivity contribution in [2.75, 3.05) is 17.4 Å². The Kier molecular flexibility index (Phi) is 6.60. The number of piperidine rings is 1. The number of carbonyl (C=O) groups is 1. The molecule has 0 radical (unpaired) electrons. The first-order valence-electron chi connectivity index (χ1n) is 11.2. The first kappa shape index (κ1) is 25.4. The molecule has 2 atom stereocenters. The predicted molar refractivity (Wildman–Crippen MR) is 130 cm³/mol. The maximum Gasteiger partial charge on any atom is 0.410 e. The number of fused-ring (bicyclic) bond motifs is 1. The molecule has 11 nitrogen and oxygen atoms in total. The molecular weight excluding hydrogens is 493 g/mol. The summed E-state index contributed by atoms with van der Waals surface area (Å²) in [4.78, 5) is 31.6. The molecule has 1 aliphatic heterocycles. The van der Waals surface area contributed by atoms with Gasteiger partial charge in [0.05, 0.1) is 27.8 Å². The van der Waals surface area contributed by atoms with Crippen molar-refractivity contribution in [2.45, 2.75) is 49.9 Å². The van der Waals surface area contributed by atoms with Gasteiger partial charge in [0, 0.05) is 12.7 Å². The summed E-state index contributed by atoms with van der Waals surface area (Å²) in [6.07, 6.45) is -0.269. The van der Waals surface area contributed by atoms with Crippen molar-refractivity contribution in [3.05, 3.63) is 58.9 Å². The zero-order valence-electron chi connectivity index (χ0n) is 19.9. The third kappa shape index (κ3) is 4.83. The first-order chi connectivity index (χ1) is 16.9. The molecule has 0 unspecified atom stereocenters. The summed E-state index contributed by atoms with van der Waals surface area (Å²) >= 11 is 0. The van der Waals surface area contributed by atoms with E-state index in [1.807, 2.05) is 0 Å². The van der Waals surface area contributed by atoms with Crippen molar-refractivity contribution in [1.29, 1.82) is 0 Å². The number of sulfonamides is 1. The van der Waals surface area contributed by atoms with Gasteiger partial charge in [-0.25, -0.2) is 22.6 Å². The lowest BCUT2D eigenvalue weighted by Gasteiger charge is -2.40. The molecule has 0 bridgehead atoms. The average Bonchev–Trinajstić information content (AvgIpc) is 3.28. The number of H-pyrrole nitrogens is 1. The van der Waals surface area contributed by atoms with Gasteiger partial charge in [-0.1, -0.05) is 18.2 Å². The minimum atomic E-state index is -4.47. The van der Waals surface area contributed by atoms with Crippen molar-refractivity contribution >= 4 is 38.5 Å². The van der Waals surface area contributed by atoms with E-state index >= 15 is 4.39 Å². The van der Waals surface area contributed by atoms with E-state index in [0.29, 0.717) is 0 Å². The molecule has 1 aromatic carbocycles. The van der Waals surface area contributed by atoms with Gasteiger partial charge < -0.3 is 14.6 Å². The Balaban J connectivity index is 1.83. The number of benzene rings is 1. The van der Waals surface area contributed by atoms with Crippen molar-refractivity contribution in [1.82, 2.24) is 14.9 Å². The van der Waals surface area contributed by atoms with Crippen LogP contribution in [0, 0.1) is 10.1 Å². The van der Waals surface area contributed by atoms with Gasteiger partial charge >= 0.3 is 11.8 Å². The summed E-state index contributed by atoms with van der Waals surface area (Å²) in [5.41, 5.74) is -1.44. The molecule has 1 saturated heterocycles. The molecule has 4 rings (SSSR count). The molecule has 36 heavy (non-hydrogen) atoms. The standard InChI is InChI=1S/C23H26FN5O6S/c1-23(2,3)35-22(30)27-12-10-18(17(24)14-27)28(36(33,34)15-7-5-4-6-8-15)20-16-9-11-25-21(16)26-13-19(20)29(31)32/h4-9,11,13,17-18H,10,12,14H2,1-3H3,(H,25,26)/t17-,18-/m0/s1. The fourth-order valence-electron chi connectivity index (χ4n) is 4.17. The van der Waals surface area contributed by atoms with E-state index in [9.17, 15) is 23.3 Å².